The minimum atomic E-state index is -1.37. The second-order valence-electron chi connectivity index (χ2n) is 3.33. The lowest BCUT2D eigenvalue weighted by Crippen LogP contribution is -2.04. The molecular formula is C11H5ClF2N2O2. The lowest BCUT2D eigenvalue weighted by Gasteiger charge is -2.04. The van der Waals surface area contributed by atoms with Gasteiger partial charge in [-0.15, -0.1) is 10.2 Å². The molecule has 1 heterocycles. The zero-order chi connectivity index (χ0) is 13.3. The summed E-state index contributed by atoms with van der Waals surface area (Å²) in [6, 6.07) is 4.37. The summed E-state index contributed by atoms with van der Waals surface area (Å²) in [6.07, 6.45) is 0. The molecule has 0 aliphatic carbocycles. The molecular weight excluding hydrogens is 266 g/mol. The van der Waals surface area contributed by atoms with Crippen LogP contribution in [-0.2, 0) is 0 Å². The third-order valence-electron chi connectivity index (χ3n) is 2.17. The van der Waals surface area contributed by atoms with Gasteiger partial charge in [0.15, 0.2) is 5.69 Å². The first-order chi connectivity index (χ1) is 8.50. The van der Waals surface area contributed by atoms with E-state index in [9.17, 15) is 13.6 Å². The van der Waals surface area contributed by atoms with Crippen molar-refractivity contribution in [3.8, 4) is 11.3 Å². The van der Waals surface area contributed by atoms with Gasteiger partial charge >= 0.3 is 5.97 Å². The van der Waals surface area contributed by atoms with Gasteiger partial charge in [0.05, 0.1) is 10.6 Å². The number of aromatic nitrogens is 2. The van der Waals surface area contributed by atoms with E-state index < -0.39 is 28.9 Å². The average Bonchev–Trinajstić information content (AvgIpc) is 2.28. The van der Waals surface area contributed by atoms with Gasteiger partial charge in [-0.2, -0.15) is 0 Å². The summed E-state index contributed by atoms with van der Waals surface area (Å²) >= 11 is 5.65. The fraction of sp³-hybridized carbons (Fsp3) is 0. The molecule has 0 unspecified atom stereocenters. The number of nitrogens with zero attached hydrogens (tertiary/aromatic N) is 2. The molecule has 1 aromatic carbocycles. The summed E-state index contributed by atoms with van der Waals surface area (Å²) < 4.78 is 26.9. The first kappa shape index (κ1) is 12.4. The predicted octanol–water partition coefficient (Wildman–Crippen LogP) is 2.77. The fourth-order valence-electron chi connectivity index (χ4n) is 1.38. The van der Waals surface area contributed by atoms with E-state index in [1.807, 2.05) is 0 Å². The Kier molecular flexibility index (Phi) is 3.20. The van der Waals surface area contributed by atoms with Crippen LogP contribution in [0.25, 0.3) is 11.3 Å². The van der Waals surface area contributed by atoms with Gasteiger partial charge in [-0.3, -0.25) is 0 Å². The number of hydrogen-bond acceptors (Lipinski definition) is 3. The van der Waals surface area contributed by atoms with Crippen LogP contribution >= 0.6 is 11.6 Å². The molecule has 2 rings (SSSR count). The number of carboxylic acid groups (broad SMARTS) is 1. The molecule has 0 saturated carbocycles. The molecule has 1 N–H and O–H groups in total. The van der Waals surface area contributed by atoms with Gasteiger partial charge in [0.2, 0.25) is 0 Å². The van der Waals surface area contributed by atoms with E-state index in [1.54, 1.807) is 0 Å². The van der Waals surface area contributed by atoms with Gasteiger partial charge < -0.3 is 5.11 Å². The molecule has 92 valence electrons. The molecule has 1 aromatic heterocycles. The van der Waals surface area contributed by atoms with Gasteiger partial charge in [0.1, 0.15) is 17.3 Å². The molecule has 7 heteroatoms. The van der Waals surface area contributed by atoms with E-state index in [2.05, 4.69) is 10.2 Å². The maximum Gasteiger partial charge on any atom is 0.357 e. The van der Waals surface area contributed by atoms with Gasteiger partial charge in [0, 0.05) is 0 Å². The maximum absolute atomic E-state index is 13.5. The quantitative estimate of drug-likeness (QED) is 0.911. The number of rotatable bonds is 2. The fourth-order valence-corrected chi connectivity index (χ4v) is 1.60. The first-order valence-corrected chi connectivity index (χ1v) is 5.09. The van der Waals surface area contributed by atoms with Gasteiger partial charge in [-0.05, 0) is 18.2 Å². The molecule has 2 aromatic rings. The Hall–Kier alpha value is -2.08. The van der Waals surface area contributed by atoms with Crippen LogP contribution in [0.4, 0.5) is 8.78 Å². The Balaban J connectivity index is 2.59. The van der Waals surface area contributed by atoms with Crippen LogP contribution in [0.15, 0.2) is 24.3 Å². The molecule has 18 heavy (non-hydrogen) atoms. The van der Waals surface area contributed by atoms with Gasteiger partial charge in [-0.1, -0.05) is 17.7 Å². The topological polar surface area (TPSA) is 63.1 Å². The van der Waals surface area contributed by atoms with Crippen LogP contribution in [-0.4, -0.2) is 21.3 Å². The first-order valence-electron chi connectivity index (χ1n) is 4.71. The Morgan fingerprint density at radius 1 is 1.22 bits per heavy atom. The maximum atomic E-state index is 13.5. The zero-order valence-corrected chi connectivity index (χ0v) is 9.45. The van der Waals surface area contributed by atoms with Crippen LogP contribution in [0.1, 0.15) is 10.5 Å². The van der Waals surface area contributed by atoms with Crippen LogP contribution in [0, 0.1) is 11.6 Å². The lowest BCUT2D eigenvalue weighted by atomic mass is 10.1. The highest BCUT2D eigenvalue weighted by Gasteiger charge is 2.17. The van der Waals surface area contributed by atoms with Crippen LogP contribution < -0.4 is 0 Å². The summed E-state index contributed by atoms with van der Waals surface area (Å²) in [5, 5.41) is 15.2. The van der Waals surface area contributed by atoms with E-state index in [0.717, 1.165) is 18.2 Å². The van der Waals surface area contributed by atoms with Gasteiger partial charge in [0.25, 0.3) is 0 Å². The highest BCUT2D eigenvalue weighted by Crippen LogP contribution is 2.26. The molecule has 0 amide bonds. The van der Waals surface area contributed by atoms with Crippen molar-refractivity contribution in [3.63, 3.8) is 0 Å². The molecule has 0 fully saturated rings. The van der Waals surface area contributed by atoms with Gasteiger partial charge in [-0.25, -0.2) is 13.6 Å². The van der Waals surface area contributed by atoms with Crippen LogP contribution in [0.2, 0.25) is 5.02 Å². The molecule has 0 atom stereocenters. The third-order valence-corrected chi connectivity index (χ3v) is 2.46. The van der Waals surface area contributed by atoms with Crippen molar-refractivity contribution >= 4 is 17.6 Å². The molecule has 0 aliphatic heterocycles. The average molecular weight is 271 g/mol. The van der Waals surface area contributed by atoms with Crippen molar-refractivity contribution in [1.29, 1.82) is 0 Å². The van der Waals surface area contributed by atoms with Crippen LogP contribution in [0.5, 0.6) is 0 Å². The van der Waals surface area contributed by atoms with E-state index in [4.69, 9.17) is 16.7 Å². The summed E-state index contributed by atoms with van der Waals surface area (Å²) in [7, 11) is 0. The summed E-state index contributed by atoms with van der Waals surface area (Å²) in [5.74, 6) is -3.03. The van der Waals surface area contributed by atoms with Crippen molar-refractivity contribution in [2.45, 2.75) is 0 Å². The van der Waals surface area contributed by atoms with Crippen molar-refractivity contribution in [2.75, 3.05) is 0 Å². The normalized spacial score (nSPS) is 10.4. The lowest BCUT2D eigenvalue weighted by molar-refractivity contribution is 0.0689. The van der Waals surface area contributed by atoms with E-state index in [1.165, 1.54) is 6.07 Å². The number of aromatic carboxylic acids is 1. The molecule has 4 nitrogen and oxygen atoms in total. The van der Waals surface area contributed by atoms with Crippen molar-refractivity contribution in [3.05, 3.63) is 46.6 Å². The minimum absolute atomic E-state index is 0.166. The molecule has 0 radical (unpaired) electrons. The Labute approximate surface area is 105 Å². The second kappa shape index (κ2) is 4.66. The van der Waals surface area contributed by atoms with Crippen LogP contribution in [0.3, 0.4) is 0 Å². The minimum Gasteiger partial charge on any atom is -0.476 e. The molecule has 0 spiro atoms. The molecule has 0 saturated heterocycles. The number of benzene rings is 1. The highest BCUT2D eigenvalue weighted by atomic mass is 35.5. The largest absolute Gasteiger partial charge is 0.476 e. The SMILES string of the molecule is O=C(O)c1nnc(-c2c(F)cccc2F)cc1Cl. The van der Waals surface area contributed by atoms with E-state index in [-0.39, 0.29) is 10.7 Å². The monoisotopic (exact) mass is 270 g/mol. The standard InChI is InChI=1S/C11H5ClF2N2O2/c12-5-4-8(15-16-10(5)11(17)18)9-6(13)2-1-3-7(9)14/h1-4H,(H,17,18). The van der Waals surface area contributed by atoms with E-state index in [0.29, 0.717) is 0 Å². The highest BCUT2D eigenvalue weighted by molar-refractivity contribution is 6.33. The summed E-state index contributed by atoms with van der Waals surface area (Å²) in [4.78, 5) is 10.7. The smallest absolute Gasteiger partial charge is 0.357 e. The summed E-state index contributed by atoms with van der Waals surface area (Å²) in [6.45, 7) is 0. The number of carboxylic acids is 1. The van der Waals surface area contributed by atoms with Crippen molar-refractivity contribution in [2.24, 2.45) is 0 Å². The second-order valence-corrected chi connectivity index (χ2v) is 3.74. The number of halogens is 3. The molecule has 0 bridgehead atoms. The molecule has 0 aliphatic rings. The Bertz CT molecular complexity index is 614. The summed E-state index contributed by atoms with van der Waals surface area (Å²) in [5.41, 5.74) is -1.04. The van der Waals surface area contributed by atoms with E-state index >= 15 is 0 Å². The van der Waals surface area contributed by atoms with Crippen molar-refractivity contribution in [1.82, 2.24) is 10.2 Å². The zero-order valence-electron chi connectivity index (χ0n) is 8.69. The van der Waals surface area contributed by atoms with Crippen molar-refractivity contribution < 1.29 is 18.7 Å². The number of carbonyl (C=O) groups is 1. The Morgan fingerprint density at radius 3 is 2.33 bits per heavy atom. The number of hydrogen-bond donors (Lipinski definition) is 1. The third kappa shape index (κ3) is 2.14. The predicted molar refractivity (Wildman–Crippen MR) is 59.4 cm³/mol. The Morgan fingerprint density at radius 2 is 1.83 bits per heavy atom.